The van der Waals surface area contributed by atoms with Gasteiger partial charge in [0.1, 0.15) is 6.33 Å². The fraction of sp³-hybridized carbons (Fsp3) is 0.769. The lowest BCUT2D eigenvalue weighted by molar-refractivity contribution is -0.131. The molecule has 3 N–H and O–H groups in total. The lowest BCUT2D eigenvalue weighted by Gasteiger charge is -2.28. The number of aromatic nitrogens is 3. The molecule has 0 fully saturated rings. The van der Waals surface area contributed by atoms with Crippen molar-refractivity contribution in [3.63, 3.8) is 0 Å². The summed E-state index contributed by atoms with van der Waals surface area (Å²) in [5.74, 6) is 0.764. The molecule has 0 saturated heterocycles. The number of carbonyl (C=O) groups is 1. The van der Waals surface area contributed by atoms with E-state index in [9.17, 15) is 4.79 Å². The van der Waals surface area contributed by atoms with Crippen molar-refractivity contribution >= 4 is 5.91 Å². The van der Waals surface area contributed by atoms with Gasteiger partial charge in [0.15, 0.2) is 5.82 Å². The Morgan fingerprint density at radius 2 is 2.11 bits per heavy atom. The van der Waals surface area contributed by atoms with E-state index >= 15 is 0 Å². The number of hydrogen-bond donors (Lipinski definition) is 2. The molecule has 6 nitrogen and oxygen atoms in total. The second-order valence-corrected chi connectivity index (χ2v) is 5.12. The van der Waals surface area contributed by atoms with Crippen molar-refractivity contribution in [1.82, 2.24) is 20.1 Å². The molecule has 0 aliphatic rings. The maximum absolute atomic E-state index is 12.3. The molecule has 1 aromatic heterocycles. The largest absolute Gasteiger partial charge is 0.348 e. The standard InChI is InChI=1S/C13H25N5O/c1-5-13(6-2,8-14)12(19)15-7-11-17-16-9-18(11)10(3)4/h9-10H,5-8,14H2,1-4H3,(H,15,19). The molecule has 0 aliphatic heterocycles. The van der Waals surface area contributed by atoms with Crippen molar-refractivity contribution in [2.24, 2.45) is 11.1 Å². The molecule has 0 atom stereocenters. The lowest BCUT2D eigenvalue weighted by atomic mass is 9.81. The molecule has 108 valence electrons. The van der Waals surface area contributed by atoms with Crippen molar-refractivity contribution in [2.75, 3.05) is 6.54 Å². The van der Waals surface area contributed by atoms with Crippen LogP contribution in [0.3, 0.4) is 0 Å². The first-order chi connectivity index (χ1) is 9.00. The zero-order valence-corrected chi connectivity index (χ0v) is 12.3. The number of hydrogen-bond acceptors (Lipinski definition) is 4. The number of rotatable bonds is 7. The molecule has 0 aromatic carbocycles. The van der Waals surface area contributed by atoms with Crippen LogP contribution in [0, 0.1) is 5.41 Å². The van der Waals surface area contributed by atoms with Crippen LogP contribution in [0.15, 0.2) is 6.33 Å². The quantitative estimate of drug-likeness (QED) is 0.778. The third-order valence-corrected chi connectivity index (χ3v) is 3.84. The van der Waals surface area contributed by atoms with Gasteiger partial charge in [0.25, 0.3) is 0 Å². The summed E-state index contributed by atoms with van der Waals surface area (Å²) in [6.45, 7) is 8.84. The van der Waals surface area contributed by atoms with Crippen LogP contribution in [0.2, 0.25) is 0 Å². The average Bonchev–Trinajstić information content (AvgIpc) is 2.87. The minimum absolute atomic E-state index is 0.00157. The Balaban J connectivity index is 2.71. The van der Waals surface area contributed by atoms with E-state index in [1.165, 1.54) is 0 Å². The first-order valence-electron chi connectivity index (χ1n) is 6.87. The minimum Gasteiger partial charge on any atom is -0.348 e. The van der Waals surface area contributed by atoms with Crippen molar-refractivity contribution < 1.29 is 4.79 Å². The van der Waals surface area contributed by atoms with E-state index in [-0.39, 0.29) is 11.9 Å². The number of amides is 1. The lowest BCUT2D eigenvalue weighted by Crippen LogP contribution is -2.45. The van der Waals surface area contributed by atoms with Crippen molar-refractivity contribution in [3.8, 4) is 0 Å². The summed E-state index contributed by atoms with van der Waals surface area (Å²) in [6, 6.07) is 0.276. The first kappa shape index (κ1) is 15.6. The highest BCUT2D eigenvalue weighted by Gasteiger charge is 2.33. The van der Waals surface area contributed by atoms with E-state index in [1.54, 1.807) is 6.33 Å². The molecule has 1 amide bonds. The van der Waals surface area contributed by atoms with Crippen molar-refractivity contribution in [2.45, 2.75) is 53.1 Å². The van der Waals surface area contributed by atoms with Crippen LogP contribution in [0.25, 0.3) is 0 Å². The Kier molecular flexibility index (Phi) is 5.47. The number of nitrogens with one attached hydrogen (secondary N) is 1. The smallest absolute Gasteiger partial charge is 0.227 e. The topological polar surface area (TPSA) is 85.8 Å². The summed E-state index contributed by atoms with van der Waals surface area (Å²) in [7, 11) is 0. The summed E-state index contributed by atoms with van der Waals surface area (Å²) in [5, 5.41) is 10.8. The molecular weight excluding hydrogens is 242 g/mol. The molecule has 1 rings (SSSR count). The van der Waals surface area contributed by atoms with Gasteiger partial charge in [0.2, 0.25) is 5.91 Å². The molecule has 0 radical (unpaired) electrons. The van der Waals surface area contributed by atoms with Crippen LogP contribution in [-0.2, 0) is 11.3 Å². The van der Waals surface area contributed by atoms with Gasteiger partial charge >= 0.3 is 0 Å². The minimum atomic E-state index is -0.470. The SMILES string of the molecule is CCC(CC)(CN)C(=O)NCc1nncn1C(C)C. The van der Waals surface area contributed by atoms with Gasteiger partial charge in [-0.15, -0.1) is 10.2 Å². The predicted octanol–water partition coefficient (Wildman–Crippen LogP) is 1.24. The van der Waals surface area contributed by atoms with E-state index in [0.29, 0.717) is 13.1 Å². The van der Waals surface area contributed by atoms with Gasteiger partial charge in [0.05, 0.1) is 12.0 Å². The Hall–Kier alpha value is -1.43. The second-order valence-electron chi connectivity index (χ2n) is 5.12. The number of nitrogens with zero attached hydrogens (tertiary/aromatic N) is 3. The molecule has 0 spiro atoms. The third-order valence-electron chi connectivity index (χ3n) is 3.84. The molecule has 0 aliphatic carbocycles. The predicted molar refractivity (Wildman–Crippen MR) is 74.3 cm³/mol. The molecule has 0 saturated carbocycles. The van der Waals surface area contributed by atoms with Crippen molar-refractivity contribution in [3.05, 3.63) is 12.2 Å². The maximum Gasteiger partial charge on any atom is 0.227 e. The first-order valence-corrected chi connectivity index (χ1v) is 6.87. The Morgan fingerprint density at radius 1 is 1.47 bits per heavy atom. The van der Waals surface area contributed by atoms with E-state index in [1.807, 2.05) is 18.4 Å². The van der Waals surface area contributed by atoms with E-state index in [0.717, 1.165) is 18.7 Å². The second kappa shape index (κ2) is 6.65. The molecule has 0 bridgehead atoms. The summed E-state index contributed by atoms with van der Waals surface area (Å²) in [5.41, 5.74) is 5.29. The van der Waals surface area contributed by atoms with Gasteiger partial charge in [-0.2, -0.15) is 0 Å². The van der Waals surface area contributed by atoms with E-state index in [4.69, 9.17) is 5.73 Å². The van der Waals surface area contributed by atoms with Gasteiger partial charge < -0.3 is 15.6 Å². The maximum atomic E-state index is 12.3. The fourth-order valence-electron chi connectivity index (χ4n) is 2.12. The summed E-state index contributed by atoms with van der Waals surface area (Å²) in [6.07, 6.45) is 3.16. The third kappa shape index (κ3) is 3.32. The van der Waals surface area contributed by atoms with Gasteiger partial charge in [-0.25, -0.2) is 0 Å². The highest BCUT2D eigenvalue weighted by atomic mass is 16.2. The fourth-order valence-corrected chi connectivity index (χ4v) is 2.12. The summed E-state index contributed by atoms with van der Waals surface area (Å²) < 4.78 is 1.95. The van der Waals surface area contributed by atoms with Gasteiger partial charge in [0, 0.05) is 12.6 Å². The summed E-state index contributed by atoms with van der Waals surface area (Å²) >= 11 is 0. The van der Waals surface area contributed by atoms with Gasteiger partial charge in [-0.3, -0.25) is 4.79 Å². The Labute approximate surface area is 114 Å². The molecule has 1 heterocycles. The molecular formula is C13H25N5O. The Bertz CT molecular complexity index is 401. The highest BCUT2D eigenvalue weighted by Crippen LogP contribution is 2.25. The normalized spacial score (nSPS) is 11.9. The van der Waals surface area contributed by atoms with Gasteiger partial charge in [-0.05, 0) is 26.7 Å². The zero-order chi connectivity index (χ0) is 14.5. The van der Waals surface area contributed by atoms with Crippen LogP contribution >= 0.6 is 0 Å². The van der Waals surface area contributed by atoms with Crippen LogP contribution in [0.1, 0.15) is 52.4 Å². The average molecular weight is 267 g/mol. The van der Waals surface area contributed by atoms with Crippen molar-refractivity contribution in [1.29, 1.82) is 0 Å². The zero-order valence-electron chi connectivity index (χ0n) is 12.3. The van der Waals surface area contributed by atoms with Crippen LogP contribution in [0.4, 0.5) is 0 Å². The molecule has 6 heteroatoms. The Morgan fingerprint density at radius 3 is 2.58 bits per heavy atom. The number of nitrogens with two attached hydrogens (primary N) is 1. The monoisotopic (exact) mass is 267 g/mol. The molecule has 1 aromatic rings. The summed E-state index contributed by atoms with van der Waals surface area (Å²) in [4.78, 5) is 12.3. The molecule has 0 unspecified atom stereocenters. The molecule has 19 heavy (non-hydrogen) atoms. The highest BCUT2D eigenvalue weighted by molar-refractivity contribution is 5.82. The van der Waals surface area contributed by atoms with Crippen LogP contribution in [-0.4, -0.2) is 27.2 Å². The van der Waals surface area contributed by atoms with Crippen LogP contribution in [0.5, 0.6) is 0 Å². The van der Waals surface area contributed by atoms with Crippen LogP contribution < -0.4 is 11.1 Å². The van der Waals surface area contributed by atoms with E-state index < -0.39 is 5.41 Å². The number of carbonyl (C=O) groups excluding carboxylic acids is 1. The van der Waals surface area contributed by atoms with E-state index in [2.05, 4.69) is 29.4 Å². The van der Waals surface area contributed by atoms with Gasteiger partial charge in [-0.1, -0.05) is 13.8 Å².